The van der Waals surface area contributed by atoms with Crippen LogP contribution >= 0.6 is 39.1 Å². The van der Waals surface area contributed by atoms with E-state index < -0.39 is 0 Å². The molecule has 1 amide bonds. The van der Waals surface area contributed by atoms with Crippen molar-refractivity contribution in [1.82, 2.24) is 0 Å². The Bertz CT molecular complexity index is 717. The fourth-order valence-corrected chi connectivity index (χ4v) is 3.55. The van der Waals surface area contributed by atoms with Gasteiger partial charge in [0, 0.05) is 21.6 Å². The number of carbonyl (C=O) groups is 1. The number of halogens is 3. The zero-order valence-electron chi connectivity index (χ0n) is 11.0. The number of alkyl halides is 1. The molecule has 0 aromatic heterocycles. The molecule has 1 atom stereocenters. The number of rotatable bonds is 2. The Balaban J connectivity index is 1.97. The van der Waals surface area contributed by atoms with E-state index >= 15 is 0 Å². The Morgan fingerprint density at radius 2 is 1.95 bits per heavy atom. The summed E-state index contributed by atoms with van der Waals surface area (Å²) in [5.74, 6) is 0.0651. The number of aryl methyl sites for hydroxylation is 1. The molecule has 3 rings (SSSR count). The highest BCUT2D eigenvalue weighted by atomic mass is 79.9. The molecule has 2 aromatic rings. The molecule has 21 heavy (non-hydrogen) atoms. The third kappa shape index (κ3) is 3.10. The fourth-order valence-electron chi connectivity index (χ4n) is 2.45. The number of anilines is 1. The predicted octanol–water partition coefficient (Wildman–Crippen LogP) is 5.32. The molecule has 0 fully saturated rings. The zero-order chi connectivity index (χ0) is 15.0. The van der Waals surface area contributed by atoms with Gasteiger partial charge in [-0.3, -0.25) is 4.79 Å². The lowest BCUT2D eigenvalue weighted by atomic mass is 9.97. The first-order chi connectivity index (χ1) is 10.0. The highest BCUT2D eigenvalue weighted by molar-refractivity contribution is 9.10. The lowest BCUT2D eigenvalue weighted by molar-refractivity contribution is -0.116. The van der Waals surface area contributed by atoms with Gasteiger partial charge in [-0.15, -0.1) is 11.6 Å². The highest BCUT2D eigenvalue weighted by Gasteiger charge is 2.19. The summed E-state index contributed by atoms with van der Waals surface area (Å²) in [5.41, 5.74) is 3.93. The maximum Gasteiger partial charge on any atom is 0.224 e. The lowest BCUT2D eigenvalue weighted by Gasteiger charge is -2.19. The molecule has 2 aromatic carbocycles. The second kappa shape index (κ2) is 5.99. The average Bonchev–Trinajstić information content (AvgIpc) is 2.48. The maximum atomic E-state index is 11.4. The molecule has 1 unspecified atom stereocenters. The van der Waals surface area contributed by atoms with Crippen molar-refractivity contribution >= 4 is 50.7 Å². The molecule has 1 aliphatic heterocycles. The molecule has 5 heteroatoms. The van der Waals surface area contributed by atoms with Crippen molar-refractivity contribution in [3.8, 4) is 0 Å². The predicted molar refractivity (Wildman–Crippen MR) is 90.2 cm³/mol. The minimum Gasteiger partial charge on any atom is -0.326 e. The van der Waals surface area contributed by atoms with Crippen LogP contribution in [0.2, 0.25) is 5.02 Å². The van der Waals surface area contributed by atoms with Crippen LogP contribution in [0.5, 0.6) is 0 Å². The van der Waals surface area contributed by atoms with Gasteiger partial charge in [0.05, 0.1) is 5.38 Å². The molecule has 2 nitrogen and oxygen atoms in total. The average molecular weight is 385 g/mol. The molecule has 0 aliphatic carbocycles. The van der Waals surface area contributed by atoms with Crippen molar-refractivity contribution in [3.05, 3.63) is 62.6 Å². The number of hydrogen-bond acceptors (Lipinski definition) is 1. The smallest absolute Gasteiger partial charge is 0.224 e. The maximum absolute atomic E-state index is 11.4. The molecule has 0 spiro atoms. The number of carbonyl (C=O) groups excluding carboxylic acids is 1. The molecule has 0 saturated carbocycles. The van der Waals surface area contributed by atoms with Crippen LogP contribution in [0.25, 0.3) is 0 Å². The zero-order valence-corrected chi connectivity index (χ0v) is 14.1. The third-order valence-corrected chi connectivity index (χ3v) is 4.99. The Labute approximate surface area is 141 Å². The van der Waals surface area contributed by atoms with Crippen LogP contribution in [0.3, 0.4) is 0 Å². The molecule has 1 N–H and O–H groups in total. The number of nitrogens with one attached hydrogen (secondary N) is 1. The molecule has 108 valence electrons. The van der Waals surface area contributed by atoms with E-state index in [0.29, 0.717) is 11.4 Å². The summed E-state index contributed by atoms with van der Waals surface area (Å²) < 4.78 is 0.929. The van der Waals surface area contributed by atoms with Gasteiger partial charge >= 0.3 is 0 Å². The Hall–Kier alpha value is -1.03. The Morgan fingerprint density at radius 1 is 1.14 bits per heavy atom. The van der Waals surface area contributed by atoms with Gasteiger partial charge in [0.25, 0.3) is 0 Å². The molecule has 0 radical (unpaired) electrons. The molecule has 0 bridgehead atoms. The number of amides is 1. The van der Waals surface area contributed by atoms with Gasteiger partial charge in [0.2, 0.25) is 5.91 Å². The summed E-state index contributed by atoms with van der Waals surface area (Å²) in [6.07, 6.45) is 1.26. The Morgan fingerprint density at radius 3 is 2.76 bits per heavy atom. The van der Waals surface area contributed by atoms with E-state index in [-0.39, 0.29) is 11.3 Å². The summed E-state index contributed by atoms with van der Waals surface area (Å²) in [6, 6.07) is 11.5. The molecule has 1 heterocycles. The quantitative estimate of drug-likeness (QED) is 0.698. The van der Waals surface area contributed by atoms with Gasteiger partial charge in [-0.1, -0.05) is 39.7 Å². The SMILES string of the molecule is O=C1CCc2cc(C(Cl)c3cc(Cl)ccc3Br)ccc2N1. The van der Waals surface area contributed by atoms with E-state index in [9.17, 15) is 4.79 Å². The minimum absolute atomic E-state index is 0.0651. The van der Waals surface area contributed by atoms with Gasteiger partial charge in [-0.05, 0) is 47.4 Å². The minimum atomic E-state index is -0.291. The van der Waals surface area contributed by atoms with Crippen molar-refractivity contribution in [2.45, 2.75) is 18.2 Å². The van der Waals surface area contributed by atoms with Crippen LogP contribution in [-0.4, -0.2) is 5.91 Å². The second-order valence-electron chi connectivity index (χ2n) is 4.99. The van der Waals surface area contributed by atoms with Crippen LogP contribution in [-0.2, 0) is 11.2 Å². The van der Waals surface area contributed by atoms with Crippen molar-refractivity contribution < 1.29 is 4.79 Å². The fraction of sp³-hybridized carbons (Fsp3) is 0.188. The number of benzene rings is 2. The first-order valence-electron chi connectivity index (χ1n) is 6.56. The summed E-state index contributed by atoms with van der Waals surface area (Å²) in [5, 5.41) is 3.24. The topological polar surface area (TPSA) is 29.1 Å². The van der Waals surface area contributed by atoms with Crippen molar-refractivity contribution in [3.63, 3.8) is 0 Å². The van der Waals surface area contributed by atoms with Crippen molar-refractivity contribution in [1.29, 1.82) is 0 Å². The van der Waals surface area contributed by atoms with Gasteiger partial charge in [-0.2, -0.15) is 0 Å². The van der Waals surface area contributed by atoms with Gasteiger partial charge in [0.15, 0.2) is 0 Å². The van der Waals surface area contributed by atoms with E-state index in [2.05, 4.69) is 27.3 Å². The third-order valence-electron chi connectivity index (χ3n) is 3.55. The largest absolute Gasteiger partial charge is 0.326 e. The van der Waals surface area contributed by atoms with E-state index in [4.69, 9.17) is 23.2 Å². The summed E-state index contributed by atoms with van der Waals surface area (Å²) in [6.45, 7) is 0. The number of hydrogen-bond donors (Lipinski definition) is 1. The second-order valence-corrected chi connectivity index (χ2v) is 6.72. The van der Waals surface area contributed by atoms with Crippen molar-refractivity contribution in [2.24, 2.45) is 0 Å². The van der Waals surface area contributed by atoms with Crippen LogP contribution < -0.4 is 5.32 Å². The number of fused-ring (bicyclic) bond motifs is 1. The molecular weight excluding hydrogens is 373 g/mol. The summed E-state index contributed by atoms with van der Waals surface area (Å²) >= 11 is 16.2. The summed E-state index contributed by atoms with van der Waals surface area (Å²) in [7, 11) is 0. The van der Waals surface area contributed by atoms with E-state index in [0.717, 1.165) is 33.3 Å². The van der Waals surface area contributed by atoms with E-state index in [1.54, 1.807) is 0 Å². The van der Waals surface area contributed by atoms with Crippen LogP contribution in [0.1, 0.15) is 28.5 Å². The Kier molecular flexibility index (Phi) is 4.25. The summed E-state index contributed by atoms with van der Waals surface area (Å²) in [4.78, 5) is 11.4. The van der Waals surface area contributed by atoms with Gasteiger partial charge in [-0.25, -0.2) is 0 Å². The molecule has 1 aliphatic rings. The first kappa shape index (κ1) is 14.9. The van der Waals surface area contributed by atoms with E-state index in [1.807, 2.05) is 30.3 Å². The standard InChI is InChI=1S/C16H12BrCl2NO/c17-13-4-3-11(18)8-12(13)16(19)10-1-5-14-9(7-10)2-6-15(21)20-14/h1,3-5,7-8,16H,2,6H2,(H,20,21). The molecular formula is C16H12BrCl2NO. The molecule has 0 saturated heterocycles. The van der Waals surface area contributed by atoms with Gasteiger partial charge < -0.3 is 5.32 Å². The van der Waals surface area contributed by atoms with Crippen molar-refractivity contribution in [2.75, 3.05) is 5.32 Å². The van der Waals surface area contributed by atoms with Gasteiger partial charge in [0.1, 0.15) is 0 Å². The first-order valence-corrected chi connectivity index (χ1v) is 8.17. The lowest BCUT2D eigenvalue weighted by Crippen LogP contribution is -2.19. The van der Waals surface area contributed by atoms with Crippen LogP contribution in [0.15, 0.2) is 40.9 Å². The highest BCUT2D eigenvalue weighted by Crippen LogP contribution is 2.37. The van der Waals surface area contributed by atoms with Crippen LogP contribution in [0, 0.1) is 0 Å². The van der Waals surface area contributed by atoms with E-state index in [1.165, 1.54) is 0 Å². The monoisotopic (exact) mass is 383 g/mol. The van der Waals surface area contributed by atoms with Crippen LogP contribution in [0.4, 0.5) is 5.69 Å². The normalized spacial score (nSPS) is 15.3.